The number of carboxylic acids is 1. The Hall–Kier alpha value is -1.67. The van der Waals surface area contributed by atoms with Crippen LogP contribution >= 0.6 is 11.3 Å². The van der Waals surface area contributed by atoms with Crippen molar-refractivity contribution in [2.24, 2.45) is 0 Å². The Morgan fingerprint density at radius 1 is 1.76 bits per heavy atom. The molecule has 0 aliphatic carbocycles. The van der Waals surface area contributed by atoms with Gasteiger partial charge in [-0.05, 0) is 12.5 Å². The van der Waals surface area contributed by atoms with Crippen molar-refractivity contribution < 1.29 is 19.6 Å². The highest BCUT2D eigenvalue weighted by Crippen LogP contribution is 2.34. The van der Waals surface area contributed by atoms with Gasteiger partial charge < -0.3 is 15.2 Å². The van der Waals surface area contributed by atoms with Crippen LogP contribution in [0.4, 0.5) is 10.7 Å². The highest BCUT2D eigenvalue weighted by atomic mass is 32.1. The number of thiophene rings is 1. The normalized spacial score (nSPS) is 18.5. The molecule has 1 fully saturated rings. The summed E-state index contributed by atoms with van der Waals surface area (Å²) >= 11 is 0.651. The van der Waals surface area contributed by atoms with Gasteiger partial charge in [0, 0.05) is 13.2 Å². The van der Waals surface area contributed by atoms with Crippen molar-refractivity contribution in [1.29, 1.82) is 0 Å². The van der Waals surface area contributed by atoms with Crippen molar-refractivity contribution in [3.8, 4) is 0 Å². The molecular formula is C9H10N2O5S. The monoisotopic (exact) mass is 258 g/mol. The molecule has 1 aromatic rings. The minimum Gasteiger partial charge on any atom is -0.477 e. The summed E-state index contributed by atoms with van der Waals surface area (Å²) in [6, 6.07) is 1.28. The summed E-state index contributed by atoms with van der Waals surface area (Å²) in [4.78, 5) is 20.8. The first kappa shape index (κ1) is 11.8. The van der Waals surface area contributed by atoms with E-state index in [4.69, 9.17) is 9.84 Å². The van der Waals surface area contributed by atoms with Crippen LogP contribution in [0.1, 0.15) is 16.1 Å². The van der Waals surface area contributed by atoms with E-state index in [2.05, 4.69) is 5.32 Å². The first-order valence-corrected chi connectivity index (χ1v) is 5.76. The maximum absolute atomic E-state index is 10.7. The van der Waals surface area contributed by atoms with Crippen molar-refractivity contribution in [1.82, 2.24) is 0 Å². The van der Waals surface area contributed by atoms with E-state index in [0.29, 0.717) is 24.5 Å². The summed E-state index contributed by atoms with van der Waals surface area (Å²) in [5, 5.41) is 22.2. The molecule has 7 nitrogen and oxygen atoms in total. The van der Waals surface area contributed by atoms with Gasteiger partial charge in [0.15, 0.2) is 0 Å². The second-order valence-electron chi connectivity index (χ2n) is 3.55. The molecule has 0 amide bonds. The van der Waals surface area contributed by atoms with Gasteiger partial charge >= 0.3 is 11.0 Å². The number of nitro groups is 1. The van der Waals surface area contributed by atoms with E-state index >= 15 is 0 Å². The Bertz CT molecular complexity index is 454. The molecule has 0 spiro atoms. The number of aromatic carboxylic acids is 1. The minimum absolute atomic E-state index is 0.0475. The van der Waals surface area contributed by atoms with Gasteiger partial charge in [-0.2, -0.15) is 0 Å². The van der Waals surface area contributed by atoms with Crippen LogP contribution in [0.5, 0.6) is 0 Å². The molecule has 1 saturated heterocycles. The quantitative estimate of drug-likeness (QED) is 0.613. The molecule has 2 N–H and O–H groups in total. The molecule has 0 saturated carbocycles. The van der Waals surface area contributed by atoms with E-state index < -0.39 is 10.9 Å². The Labute approximate surface area is 100 Å². The average molecular weight is 258 g/mol. The smallest absolute Gasteiger partial charge is 0.347 e. The summed E-state index contributed by atoms with van der Waals surface area (Å²) in [5.74, 6) is -1.16. The van der Waals surface area contributed by atoms with E-state index in [1.54, 1.807) is 0 Å². The van der Waals surface area contributed by atoms with Gasteiger partial charge in [-0.3, -0.25) is 10.1 Å². The molecule has 1 aromatic heterocycles. The molecule has 1 aliphatic heterocycles. The molecule has 1 atom stereocenters. The van der Waals surface area contributed by atoms with Crippen LogP contribution in [0.15, 0.2) is 6.07 Å². The molecule has 1 aliphatic rings. The van der Waals surface area contributed by atoms with Gasteiger partial charge in [-0.1, -0.05) is 11.3 Å². The summed E-state index contributed by atoms with van der Waals surface area (Å²) in [7, 11) is 0. The number of hydrogen-bond donors (Lipinski definition) is 2. The lowest BCUT2D eigenvalue weighted by Crippen LogP contribution is -2.33. The molecule has 17 heavy (non-hydrogen) atoms. The first-order valence-electron chi connectivity index (χ1n) is 4.95. The lowest BCUT2D eigenvalue weighted by molar-refractivity contribution is -0.379. The molecule has 2 heterocycles. The van der Waals surface area contributed by atoms with Gasteiger partial charge in [0.25, 0.3) is 0 Å². The Morgan fingerprint density at radius 3 is 2.94 bits per heavy atom. The zero-order chi connectivity index (χ0) is 12.4. The SMILES string of the molecule is O=C(O)c1cc(NCC2CCO2)c([N+](=O)[O-])s1. The first-order chi connectivity index (χ1) is 8.08. The van der Waals surface area contributed by atoms with Gasteiger partial charge in [-0.15, -0.1) is 0 Å². The summed E-state index contributed by atoms with van der Waals surface area (Å²) in [6.45, 7) is 1.16. The fraction of sp³-hybridized carbons (Fsp3) is 0.444. The van der Waals surface area contributed by atoms with Gasteiger partial charge in [0.1, 0.15) is 10.6 Å². The van der Waals surface area contributed by atoms with E-state index in [1.807, 2.05) is 0 Å². The number of anilines is 1. The number of nitrogens with one attached hydrogen (secondary N) is 1. The number of ether oxygens (including phenoxy) is 1. The van der Waals surface area contributed by atoms with E-state index in [1.165, 1.54) is 6.07 Å². The fourth-order valence-corrected chi connectivity index (χ4v) is 2.21. The molecule has 2 rings (SSSR count). The van der Waals surface area contributed by atoms with Crippen molar-refractivity contribution in [2.75, 3.05) is 18.5 Å². The highest BCUT2D eigenvalue weighted by molar-refractivity contribution is 7.17. The third kappa shape index (κ3) is 2.53. The molecule has 0 bridgehead atoms. The summed E-state index contributed by atoms with van der Waals surface area (Å²) in [6.07, 6.45) is 0.972. The second-order valence-corrected chi connectivity index (χ2v) is 4.58. The fourth-order valence-electron chi connectivity index (χ4n) is 1.42. The third-order valence-electron chi connectivity index (χ3n) is 2.40. The predicted octanol–water partition coefficient (Wildman–Crippen LogP) is 1.56. The molecule has 0 aromatic carbocycles. The standard InChI is InChI=1S/C9H10N2O5S/c12-9(13)7-3-6(8(17-7)11(14)15)10-4-5-1-2-16-5/h3,5,10H,1-2,4H2,(H,12,13). The number of carboxylic acid groups (broad SMARTS) is 1. The van der Waals surface area contributed by atoms with Gasteiger partial charge in [-0.25, -0.2) is 4.79 Å². The Morgan fingerprint density at radius 2 is 2.47 bits per heavy atom. The number of nitrogens with zero attached hydrogens (tertiary/aromatic N) is 1. The minimum atomic E-state index is -1.16. The van der Waals surface area contributed by atoms with Crippen LogP contribution in [0.3, 0.4) is 0 Å². The van der Waals surface area contributed by atoms with Crippen LogP contribution in [0.25, 0.3) is 0 Å². The summed E-state index contributed by atoms with van der Waals surface area (Å²) < 4.78 is 5.16. The maximum Gasteiger partial charge on any atom is 0.347 e. The van der Waals surface area contributed by atoms with Crippen LogP contribution in [-0.2, 0) is 4.74 Å². The van der Waals surface area contributed by atoms with Crippen molar-refractivity contribution >= 4 is 28.0 Å². The van der Waals surface area contributed by atoms with Crippen molar-refractivity contribution in [2.45, 2.75) is 12.5 Å². The van der Waals surface area contributed by atoms with E-state index in [0.717, 1.165) is 6.42 Å². The molecular weight excluding hydrogens is 248 g/mol. The topological polar surface area (TPSA) is 102 Å². The summed E-state index contributed by atoms with van der Waals surface area (Å²) in [5.41, 5.74) is 0.243. The third-order valence-corrected chi connectivity index (χ3v) is 3.48. The number of hydrogen-bond acceptors (Lipinski definition) is 6. The largest absolute Gasteiger partial charge is 0.477 e. The lowest BCUT2D eigenvalue weighted by Gasteiger charge is -2.26. The molecule has 1 unspecified atom stereocenters. The van der Waals surface area contributed by atoms with Gasteiger partial charge in [0.05, 0.1) is 11.0 Å². The highest BCUT2D eigenvalue weighted by Gasteiger charge is 2.24. The molecule has 8 heteroatoms. The van der Waals surface area contributed by atoms with Gasteiger partial charge in [0.2, 0.25) is 0 Å². The maximum atomic E-state index is 10.7. The zero-order valence-corrected chi connectivity index (χ0v) is 9.53. The average Bonchev–Trinajstić information content (AvgIpc) is 2.59. The van der Waals surface area contributed by atoms with Crippen molar-refractivity contribution in [3.05, 3.63) is 21.1 Å². The van der Waals surface area contributed by atoms with Crippen LogP contribution in [-0.4, -0.2) is 35.3 Å². The number of rotatable bonds is 5. The molecule has 92 valence electrons. The van der Waals surface area contributed by atoms with Crippen LogP contribution in [0, 0.1) is 10.1 Å². The zero-order valence-electron chi connectivity index (χ0n) is 8.71. The van der Waals surface area contributed by atoms with Crippen LogP contribution in [0.2, 0.25) is 0 Å². The Kier molecular flexibility index (Phi) is 3.25. The van der Waals surface area contributed by atoms with E-state index in [9.17, 15) is 14.9 Å². The molecule has 0 radical (unpaired) electrons. The second kappa shape index (κ2) is 4.68. The van der Waals surface area contributed by atoms with Crippen molar-refractivity contribution in [3.63, 3.8) is 0 Å². The predicted molar refractivity (Wildman–Crippen MR) is 60.8 cm³/mol. The van der Waals surface area contributed by atoms with E-state index in [-0.39, 0.29) is 21.7 Å². The number of carbonyl (C=O) groups is 1. The Balaban J connectivity index is 2.12. The van der Waals surface area contributed by atoms with Crippen LogP contribution < -0.4 is 5.32 Å². The lowest BCUT2D eigenvalue weighted by atomic mass is 10.2.